The van der Waals surface area contributed by atoms with Crippen LogP contribution in [0.1, 0.15) is 51.9 Å². The summed E-state index contributed by atoms with van der Waals surface area (Å²) in [6, 6.07) is 8.16. The Kier molecular flexibility index (Phi) is 8.07. The molecule has 0 unspecified atom stereocenters. The molecule has 1 aromatic rings. The first-order valence-electron chi connectivity index (χ1n) is 9.27. The lowest BCUT2D eigenvalue weighted by atomic mass is 10.0. The van der Waals surface area contributed by atoms with E-state index >= 15 is 0 Å². The Morgan fingerprint density at radius 2 is 1.78 bits per heavy atom. The second-order valence-electron chi connectivity index (χ2n) is 6.98. The molecule has 0 N–H and O–H groups in total. The van der Waals surface area contributed by atoms with Crippen LogP contribution in [0.2, 0.25) is 18.1 Å². The molecule has 1 saturated heterocycles. The van der Waals surface area contributed by atoms with Gasteiger partial charge in [0.25, 0.3) is 0 Å². The lowest BCUT2D eigenvalue weighted by Gasteiger charge is -2.27. The van der Waals surface area contributed by atoms with Crippen molar-refractivity contribution in [2.75, 3.05) is 6.61 Å². The van der Waals surface area contributed by atoms with Crippen LogP contribution in [0.15, 0.2) is 18.2 Å². The number of ether oxygens (including phenoxy) is 1. The Morgan fingerprint density at radius 1 is 1.04 bits per heavy atom. The molecule has 0 aliphatic carbocycles. The van der Waals surface area contributed by atoms with Crippen molar-refractivity contribution in [3.05, 3.63) is 29.8 Å². The Bertz CT molecular complexity index is 459. The molecule has 4 heteroatoms. The first-order chi connectivity index (χ1) is 11.2. The van der Waals surface area contributed by atoms with Crippen LogP contribution >= 0.6 is 0 Å². The zero-order chi connectivity index (χ0) is 16.5. The van der Waals surface area contributed by atoms with Crippen molar-refractivity contribution in [1.29, 1.82) is 0 Å². The third kappa shape index (κ3) is 6.62. The van der Waals surface area contributed by atoms with E-state index in [0.717, 1.165) is 12.1 Å². The van der Waals surface area contributed by atoms with E-state index in [-0.39, 0.29) is 0 Å². The lowest BCUT2D eigenvalue weighted by molar-refractivity contribution is 0.235. The maximum absolute atomic E-state index is 13.1. The Morgan fingerprint density at radius 3 is 2.48 bits per heavy atom. The van der Waals surface area contributed by atoms with Crippen molar-refractivity contribution in [1.82, 2.24) is 0 Å². The Hall–Kier alpha value is -0.903. The summed E-state index contributed by atoms with van der Waals surface area (Å²) in [4.78, 5) is 0. The summed E-state index contributed by atoms with van der Waals surface area (Å²) >= 11 is 0. The maximum Gasteiger partial charge on any atom is 0.162 e. The molecule has 0 bridgehead atoms. The molecule has 0 aromatic heterocycles. The van der Waals surface area contributed by atoms with Gasteiger partial charge in [-0.3, -0.25) is 0 Å². The summed E-state index contributed by atoms with van der Waals surface area (Å²) in [5.41, 5.74) is 0. The van der Waals surface area contributed by atoms with E-state index in [1.807, 2.05) is 0 Å². The van der Waals surface area contributed by atoms with Gasteiger partial charge >= 0.3 is 0 Å². The zero-order valence-corrected chi connectivity index (χ0v) is 15.5. The molecule has 0 atom stereocenters. The van der Waals surface area contributed by atoms with E-state index < -0.39 is 20.4 Å². The van der Waals surface area contributed by atoms with Gasteiger partial charge in [0.05, 0.1) is 6.61 Å². The fourth-order valence-corrected chi connectivity index (χ4v) is 7.12. The second-order valence-corrected chi connectivity index (χ2v) is 10.4. The van der Waals surface area contributed by atoms with E-state index in [2.05, 4.69) is 6.92 Å². The summed E-state index contributed by atoms with van der Waals surface area (Å²) < 4.78 is 31.7. The van der Waals surface area contributed by atoms with Crippen LogP contribution < -0.4 is 4.74 Å². The molecule has 1 aromatic carbocycles. The van der Waals surface area contributed by atoms with Gasteiger partial charge in [-0.1, -0.05) is 57.2 Å². The number of unbranched alkanes of at least 4 members (excludes halogenated alkanes) is 4. The highest BCUT2D eigenvalue weighted by Gasteiger charge is 2.22. The van der Waals surface area contributed by atoms with Gasteiger partial charge in [-0.15, -0.1) is 0 Å². The second kappa shape index (κ2) is 10.1. The highest BCUT2D eigenvalue weighted by molar-refractivity contribution is 6.58. The van der Waals surface area contributed by atoms with Gasteiger partial charge < -0.3 is 4.74 Å². The van der Waals surface area contributed by atoms with Gasteiger partial charge in [0, 0.05) is 14.9 Å². The van der Waals surface area contributed by atoms with Crippen LogP contribution in [-0.4, -0.2) is 15.4 Å². The molecular weight excluding hydrogens is 310 g/mol. The maximum atomic E-state index is 13.1. The van der Waals surface area contributed by atoms with Crippen molar-refractivity contribution in [2.24, 2.45) is 5.92 Å². The standard InChI is InChI=1S/C19H30F2OSi/c1-2-3-4-5-6-11-23-12-9-16(10-13-23)15-22-17-7-8-18(20)19(21)14-17/h7-8,14,16,23H,2-6,9-13,15H2,1H3/t16-,23-. The monoisotopic (exact) mass is 340 g/mol. The average molecular weight is 341 g/mol. The third-order valence-corrected chi connectivity index (χ3v) is 8.58. The Balaban J connectivity index is 1.60. The summed E-state index contributed by atoms with van der Waals surface area (Å²) in [5.74, 6) is -0.615. The molecule has 0 spiro atoms. The van der Waals surface area contributed by atoms with Crippen LogP contribution in [0.5, 0.6) is 5.75 Å². The number of halogens is 2. The van der Waals surface area contributed by atoms with Crippen LogP contribution in [0.25, 0.3) is 0 Å². The van der Waals surface area contributed by atoms with E-state index in [1.54, 1.807) is 0 Å². The molecule has 130 valence electrons. The van der Waals surface area contributed by atoms with Crippen LogP contribution in [0.3, 0.4) is 0 Å². The van der Waals surface area contributed by atoms with Gasteiger partial charge in [-0.25, -0.2) is 8.78 Å². The lowest BCUT2D eigenvalue weighted by Crippen LogP contribution is -2.24. The van der Waals surface area contributed by atoms with E-state index in [1.165, 1.54) is 69.1 Å². The summed E-state index contributed by atoms with van der Waals surface area (Å²) in [6.07, 6.45) is 9.48. The molecule has 1 fully saturated rings. The number of hydrogen-bond donors (Lipinski definition) is 0. The van der Waals surface area contributed by atoms with Gasteiger partial charge in [-0.2, -0.15) is 0 Å². The van der Waals surface area contributed by atoms with E-state index in [0.29, 0.717) is 18.3 Å². The molecule has 1 aliphatic heterocycles. The van der Waals surface area contributed by atoms with Gasteiger partial charge in [0.15, 0.2) is 11.6 Å². The molecule has 2 rings (SSSR count). The van der Waals surface area contributed by atoms with Crippen molar-refractivity contribution < 1.29 is 13.5 Å². The zero-order valence-electron chi connectivity index (χ0n) is 14.3. The third-order valence-electron chi connectivity index (χ3n) is 5.06. The minimum absolute atomic E-state index is 0.444. The van der Waals surface area contributed by atoms with E-state index in [4.69, 9.17) is 4.74 Å². The van der Waals surface area contributed by atoms with E-state index in [9.17, 15) is 8.78 Å². The molecule has 1 heterocycles. The van der Waals surface area contributed by atoms with Gasteiger partial charge in [-0.05, 0) is 30.9 Å². The minimum Gasteiger partial charge on any atom is -0.493 e. The van der Waals surface area contributed by atoms with Crippen molar-refractivity contribution in [3.63, 3.8) is 0 Å². The predicted octanol–water partition coefficient (Wildman–Crippen LogP) is 5.95. The minimum atomic E-state index is -0.832. The quantitative estimate of drug-likeness (QED) is 0.398. The van der Waals surface area contributed by atoms with Crippen LogP contribution in [0.4, 0.5) is 8.78 Å². The van der Waals surface area contributed by atoms with Gasteiger partial charge in [0.2, 0.25) is 0 Å². The summed E-state index contributed by atoms with van der Waals surface area (Å²) in [6.45, 7) is 2.90. The smallest absolute Gasteiger partial charge is 0.162 e. The fraction of sp³-hybridized carbons (Fsp3) is 0.684. The molecule has 0 amide bonds. The van der Waals surface area contributed by atoms with Crippen LogP contribution in [-0.2, 0) is 0 Å². The molecule has 1 nitrogen and oxygen atoms in total. The molecule has 0 saturated carbocycles. The molecule has 1 aliphatic rings. The van der Waals surface area contributed by atoms with Crippen LogP contribution in [0, 0.1) is 17.6 Å². The fourth-order valence-electron chi connectivity index (χ4n) is 3.50. The van der Waals surface area contributed by atoms with Crippen molar-refractivity contribution >= 4 is 8.80 Å². The largest absolute Gasteiger partial charge is 0.493 e. The molecule has 0 radical (unpaired) electrons. The van der Waals surface area contributed by atoms with Crippen molar-refractivity contribution in [3.8, 4) is 5.75 Å². The van der Waals surface area contributed by atoms with Gasteiger partial charge in [0.1, 0.15) is 5.75 Å². The highest BCUT2D eigenvalue weighted by atomic mass is 28.3. The number of benzene rings is 1. The first-order valence-corrected chi connectivity index (χ1v) is 11.7. The summed E-state index contributed by atoms with van der Waals surface area (Å²) in [5, 5.41) is 0. The van der Waals surface area contributed by atoms with Crippen molar-refractivity contribution in [2.45, 2.75) is 70.0 Å². The molecule has 23 heavy (non-hydrogen) atoms. The Labute approximate surface area is 141 Å². The predicted molar refractivity (Wildman–Crippen MR) is 94.9 cm³/mol. The first kappa shape index (κ1) is 18.4. The summed E-state index contributed by atoms with van der Waals surface area (Å²) in [7, 11) is -0.495. The number of hydrogen-bond acceptors (Lipinski definition) is 1. The topological polar surface area (TPSA) is 9.23 Å². The average Bonchev–Trinajstić information content (AvgIpc) is 2.57. The SMILES string of the molecule is CCCCCCC[Si@H]1CC[C@H](COc2ccc(F)c(F)c2)CC1. The highest BCUT2D eigenvalue weighted by Crippen LogP contribution is 2.29. The molecular formula is C19H30F2OSi. The number of rotatable bonds is 9. The normalized spacial score (nSPS) is 21.3.